The van der Waals surface area contributed by atoms with E-state index in [0.29, 0.717) is 61.1 Å². The number of methoxy groups -OCH3 is 2. The van der Waals surface area contributed by atoms with E-state index in [0.717, 1.165) is 17.0 Å². The van der Waals surface area contributed by atoms with Crippen LogP contribution in [0.25, 0.3) is 22.4 Å². The molecule has 11 heteroatoms. The molecule has 2 aromatic heterocycles. The van der Waals surface area contributed by atoms with Gasteiger partial charge in [0.25, 0.3) is 5.91 Å². The van der Waals surface area contributed by atoms with Gasteiger partial charge in [0.15, 0.2) is 5.82 Å². The summed E-state index contributed by atoms with van der Waals surface area (Å²) in [6.45, 7) is 3.93. The van der Waals surface area contributed by atoms with Crippen LogP contribution < -0.4 is 20.3 Å². The minimum Gasteiger partial charge on any atom is -0.497 e. The molecule has 1 aliphatic rings. The Bertz CT molecular complexity index is 1470. The average Bonchev–Trinajstić information content (AvgIpc) is 3.43. The van der Waals surface area contributed by atoms with Gasteiger partial charge in [-0.15, -0.1) is 0 Å². The van der Waals surface area contributed by atoms with E-state index in [1.807, 2.05) is 54.6 Å². The van der Waals surface area contributed by atoms with Gasteiger partial charge in [-0.3, -0.25) is 9.59 Å². The molecular weight excluding hydrogens is 510 g/mol. The van der Waals surface area contributed by atoms with Gasteiger partial charge in [-0.25, -0.2) is 9.97 Å². The molecule has 208 valence electrons. The van der Waals surface area contributed by atoms with E-state index >= 15 is 0 Å². The van der Waals surface area contributed by atoms with E-state index in [1.54, 1.807) is 25.2 Å². The molecule has 0 saturated carbocycles. The maximum Gasteiger partial charge on any atom is 0.270 e. The third-order valence-corrected chi connectivity index (χ3v) is 6.84. The average molecular weight is 544 g/mol. The maximum atomic E-state index is 13.6. The molecule has 1 atom stereocenters. The first-order chi connectivity index (χ1) is 19.5. The lowest BCUT2D eigenvalue weighted by molar-refractivity contribution is -0.118. The molecule has 0 aliphatic carbocycles. The molecule has 1 unspecified atom stereocenters. The summed E-state index contributed by atoms with van der Waals surface area (Å²) in [6, 6.07) is 19.2. The predicted octanol–water partition coefficient (Wildman–Crippen LogP) is 3.12. The second kappa shape index (κ2) is 12.0. The molecule has 2 amide bonds. The Hall–Kier alpha value is -4.64. The van der Waals surface area contributed by atoms with Gasteiger partial charge in [-0.2, -0.15) is 0 Å². The van der Waals surface area contributed by atoms with E-state index in [2.05, 4.69) is 20.5 Å². The summed E-state index contributed by atoms with van der Waals surface area (Å²) < 4.78 is 11.0. The van der Waals surface area contributed by atoms with Crippen molar-refractivity contribution in [1.82, 2.24) is 25.2 Å². The lowest BCUT2D eigenvalue weighted by Crippen LogP contribution is -2.55. The summed E-state index contributed by atoms with van der Waals surface area (Å²) in [6.07, 6.45) is -0.300. The number of carbonyl (C=O) groups is 2. The molecule has 0 spiro atoms. The van der Waals surface area contributed by atoms with Crippen LogP contribution >= 0.6 is 0 Å². The highest BCUT2D eigenvalue weighted by molar-refractivity contribution is 6.00. The van der Waals surface area contributed by atoms with Crippen molar-refractivity contribution in [2.24, 2.45) is 0 Å². The van der Waals surface area contributed by atoms with Crippen molar-refractivity contribution in [1.29, 1.82) is 0 Å². The van der Waals surface area contributed by atoms with Crippen LogP contribution in [0.1, 0.15) is 17.4 Å². The summed E-state index contributed by atoms with van der Waals surface area (Å²) in [7, 11) is 3.29. The number of amides is 2. The molecule has 1 aliphatic heterocycles. The standard InChI is InChI=1S/C29H33N7O4/c1-19(37)30-13-14-31-27-23-17-24(32-28(23)34-26(33-27)20-7-5-4-6-8-20)29(38)35-15-16-36(25(18-35)40-3)21-9-11-22(39-2)12-10-21/h4-12,17,25H,13-16,18H2,1-3H3,(H,30,37)(H2,31,32,33,34). The smallest absolute Gasteiger partial charge is 0.270 e. The Kier molecular flexibility index (Phi) is 8.11. The number of fused-ring (bicyclic) bond motifs is 1. The number of ether oxygens (including phenoxy) is 2. The highest BCUT2D eigenvalue weighted by atomic mass is 16.5. The quantitative estimate of drug-likeness (QED) is 0.275. The molecular formula is C29H33N7O4. The highest BCUT2D eigenvalue weighted by Crippen LogP contribution is 2.28. The number of carbonyl (C=O) groups excluding carboxylic acids is 2. The van der Waals surface area contributed by atoms with Crippen LogP contribution in [0, 0.1) is 0 Å². The molecule has 1 saturated heterocycles. The van der Waals surface area contributed by atoms with Crippen LogP contribution in [-0.4, -0.2) is 84.8 Å². The van der Waals surface area contributed by atoms with Crippen molar-refractivity contribution in [3.8, 4) is 17.1 Å². The van der Waals surface area contributed by atoms with Gasteiger partial charge in [0.1, 0.15) is 29.1 Å². The fraction of sp³-hybridized carbons (Fsp3) is 0.310. The number of hydrogen-bond acceptors (Lipinski definition) is 8. The number of rotatable bonds is 9. The zero-order valence-corrected chi connectivity index (χ0v) is 22.8. The molecule has 1 fully saturated rings. The molecule has 4 aromatic rings. The normalized spacial score (nSPS) is 15.2. The first kappa shape index (κ1) is 26.9. The van der Waals surface area contributed by atoms with Crippen LogP contribution in [0.5, 0.6) is 5.75 Å². The van der Waals surface area contributed by atoms with Gasteiger partial charge in [0, 0.05) is 51.5 Å². The topological polar surface area (TPSA) is 125 Å². The largest absolute Gasteiger partial charge is 0.497 e. The van der Waals surface area contributed by atoms with Crippen LogP contribution in [0.2, 0.25) is 0 Å². The lowest BCUT2D eigenvalue weighted by atomic mass is 10.2. The number of nitrogens with one attached hydrogen (secondary N) is 3. The van der Waals surface area contributed by atoms with Gasteiger partial charge in [0.05, 0.1) is 19.0 Å². The Morgan fingerprint density at radius 3 is 2.50 bits per heavy atom. The van der Waals surface area contributed by atoms with Crippen molar-refractivity contribution in [3.63, 3.8) is 0 Å². The monoisotopic (exact) mass is 543 g/mol. The van der Waals surface area contributed by atoms with Gasteiger partial charge in [-0.05, 0) is 30.3 Å². The fourth-order valence-corrected chi connectivity index (χ4v) is 4.77. The van der Waals surface area contributed by atoms with E-state index in [1.165, 1.54) is 6.92 Å². The van der Waals surface area contributed by atoms with Crippen molar-refractivity contribution >= 4 is 34.4 Å². The van der Waals surface area contributed by atoms with E-state index < -0.39 is 0 Å². The second-order valence-corrected chi connectivity index (χ2v) is 9.45. The third-order valence-electron chi connectivity index (χ3n) is 6.84. The molecule has 11 nitrogen and oxygen atoms in total. The number of anilines is 2. The SMILES string of the molecule is COc1ccc(N2CCN(C(=O)c3cc4c(NCCNC(C)=O)nc(-c5ccccc5)nc4[nH]3)CC2OC)cc1. The molecule has 5 rings (SSSR count). The van der Waals surface area contributed by atoms with E-state index in [9.17, 15) is 9.59 Å². The third kappa shape index (κ3) is 5.84. The number of aromatic nitrogens is 3. The molecule has 0 radical (unpaired) electrons. The maximum absolute atomic E-state index is 13.6. The van der Waals surface area contributed by atoms with Crippen molar-refractivity contribution < 1.29 is 19.1 Å². The van der Waals surface area contributed by atoms with Gasteiger partial charge >= 0.3 is 0 Å². The fourth-order valence-electron chi connectivity index (χ4n) is 4.77. The zero-order chi connectivity index (χ0) is 28.1. The van der Waals surface area contributed by atoms with Crippen LogP contribution in [-0.2, 0) is 9.53 Å². The molecule has 2 aromatic carbocycles. The Morgan fingerprint density at radius 2 is 1.80 bits per heavy atom. The number of benzene rings is 2. The first-order valence-corrected chi connectivity index (χ1v) is 13.1. The summed E-state index contributed by atoms with van der Waals surface area (Å²) in [4.78, 5) is 41.5. The first-order valence-electron chi connectivity index (χ1n) is 13.1. The molecule has 3 heterocycles. The molecule has 3 N–H and O–H groups in total. The van der Waals surface area contributed by atoms with Crippen molar-refractivity contribution in [2.75, 3.05) is 57.2 Å². The number of H-pyrrole nitrogens is 1. The number of piperazine rings is 1. The van der Waals surface area contributed by atoms with E-state index in [-0.39, 0.29) is 18.0 Å². The number of aromatic amines is 1. The van der Waals surface area contributed by atoms with Crippen LogP contribution in [0.15, 0.2) is 60.7 Å². The van der Waals surface area contributed by atoms with E-state index in [4.69, 9.17) is 19.4 Å². The minimum atomic E-state index is -0.300. The van der Waals surface area contributed by atoms with Crippen molar-refractivity contribution in [3.05, 3.63) is 66.4 Å². The zero-order valence-electron chi connectivity index (χ0n) is 22.8. The Balaban J connectivity index is 1.38. The van der Waals surface area contributed by atoms with Gasteiger partial charge in [0.2, 0.25) is 5.91 Å². The summed E-state index contributed by atoms with van der Waals surface area (Å²) in [5.74, 6) is 1.66. The summed E-state index contributed by atoms with van der Waals surface area (Å²) in [5.41, 5.74) is 2.84. The Labute approximate surface area is 232 Å². The van der Waals surface area contributed by atoms with Crippen LogP contribution in [0.3, 0.4) is 0 Å². The minimum absolute atomic E-state index is 0.101. The van der Waals surface area contributed by atoms with Gasteiger partial charge < -0.3 is 34.9 Å². The predicted molar refractivity (Wildman–Crippen MR) is 154 cm³/mol. The van der Waals surface area contributed by atoms with Crippen LogP contribution in [0.4, 0.5) is 11.5 Å². The summed E-state index contributed by atoms with van der Waals surface area (Å²) in [5, 5.41) is 6.76. The number of hydrogen-bond donors (Lipinski definition) is 3. The van der Waals surface area contributed by atoms with Crippen molar-refractivity contribution in [2.45, 2.75) is 13.2 Å². The Morgan fingerprint density at radius 1 is 1.02 bits per heavy atom. The summed E-state index contributed by atoms with van der Waals surface area (Å²) >= 11 is 0. The second-order valence-electron chi connectivity index (χ2n) is 9.45. The number of nitrogens with zero attached hydrogens (tertiary/aromatic N) is 4. The highest BCUT2D eigenvalue weighted by Gasteiger charge is 2.31. The molecule has 0 bridgehead atoms. The lowest BCUT2D eigenvalue weighted by Gasteiger charge is -2.41. The van der Waals surface area contributed by atoms with Gasteiger partial charge in [-0.1, -0.05) is 30.3 Å². The molecule has 40 heavy (non-hydrogen) atoms.